The summed E-state index contributed by atoms with van der Waals surface area (Å²) >= 11 is 1.76. The van der Waals surface area contributed by atoms with E-state index in [-0.39, 0.29) is 6.04 Å². The van der Waals surface area contributed by atoms with Crippen molar-refractivity contribution >= 4 is 27.4 Å². The predicted octanol–water partition coefficient (Wildman–Crippen LogP) is 5.13. The molecule has 2 heterocycles. The van der Waals surface area contributed by atoms with E-state index in [2.05, 4.69) is 34.3 Å². The summed E-state index contributed by atoms with van der Waals surface area (Å²) < 4.78 is 38.0. The van der Waals surface area contributed by atoms with Crippen molar-refractivity contribution in [2.24, 2.45) is 5.73 Å². The first-order valence-corrected chi connectivity index (χ1v) is 10.2. The smallest absolute Gasteiger partial charge is 0.365 e. The fourth-order valence-electron chi connectivity index (χ4n) is 3.39. The second-order valence-corrected chi connectivity index (χ2v) is 8.12. The quantitative estimate of drug-likeness (QED) is 0.627. The van der Waals surface area contributed by atoms with Gasteiger partial charge in [0.15, 0.2) is 0 Å². The summed E-state index contributed by atoms with van der Waals surface area (Å²) in [5, 5.41) is 2.26. The molecule has 1 aliphatic heterocycles. The van der Waals surface area contributed by atoms with Crippen LogP contribution in [0.1, 0.15) is 16.7 Å². The molecule has 3 aromatic rings. The van der Waals surface area contributed by atoms with Gasteiger partial charge in [0.05, 0.1) is 11.4 Å². The normalized spacial score (nSPS) is 15.6. The fourth-order valence-corrected chi connectivity index (χ4v) is 4.39. The molecule has 0 amide bonds. The van der Waals surface area contributed by atoms with Crippen LogP contribution in [0.3, 0.4) is 0 Å². The van der Waals surface area contributed by atoms with Crippen molar-refractivity contribution in [3.63, 3.8) is 0 Å². The van der Waals surface area contributed by atoms with Gasteiger partial charge in [-0.25, -0.2) is 0 Å². The molecule has 0 bridgehead atoms. The summed E-state index contributed by atoms with van der Waals surface area (Å²) in [5.41, 5.74) is 7.59. The van der Waals surface area contributed by atoms with Crippen LogP contribution in [0.25, 0.3) is 15.7 Å². The Kier molecular flexibility index (Phi) is 5.52. The number of hydrogen-bond acceptors (Lipinski definition) is 4. The first-order chi connectivity index (χ1) is 13.9. The SMILES string of the molecule is N[C@@H](Cc1ccc(C(F)(F)F)cc1)CN1C=C(c2ccc3cnccc3c2)SC1. The predicted molar refractivity (Wildman–Crippen MR) is 112 cm³/mol. The summed E-state index contributed by atoms with van der Waals surface area (Å²) in [6.45, 7) is 0.648. The molecule has 1 atom stereocenters. The van der Waals surface area contributed by atoms with Crippen LogP contribution in [0.5, 0.6) is 0 Å². The second-order valence-electron chi connectivity index (χ2n) is 7.13. The standard InChI is InChI=1S/C22H20F3N3S/c23-22(24,25)19-5-1-15(2-6-19)9-20(26)12-28-13-21(29-14-28)17-3-4-18-11-27-8-7-16(18)10-17/h1-8,10-11,13,20H,9,12,14,26H2/t20-/m0/s1. The zero-order valence-corrected chi connectivity index (χ0v) is 16.4. The number of nitrogens with zero attached hydrogens (tertiary/aromatic N) is 2. The highest BCUT2D eigenvalue weighted by atomic mass is 32.2. The molecule has 0 aliphatic carbocycles. The van der Waals surface area contributed by atoms with Crippen LogP contribution in [-0.2, 0) is 12.6 Å². The maximum atomic E-state index is 12.7. The summed E-state index contributed by atoms with van der Waals surface area (Å²) in [5.74, 6) is 0.810. The van der Waals surface area contributed by atoms with E-state index in [4.69, 9.17) is 5.73 Å². The zero-order valence-electron chi connectivity index (χ0n) is 15.6. The molecule has 2 N–H and O–H groups in total. The monoisotopic (exact) mass is 415 g/mol. The number of nitrogens with two attached hydrogens (primary N) is 1. The van der Waals surface area contributed by atoms with E-state index in [0.717, 1.165) is 39.9 Å². The van der Waals surface area contributed by atoms with Gasteiger partial charge >= 0.3 is 6.18 Å². The molecule has 7 heteroatoms. The molecule has 0 fully saturated rings. The van der Waals surface area contributed by atoms with E-state index in [9.17, 15) is 13.2 Å². The average molecular weight is 415 g/mol. The van der Waals surface area contributed by atoms with Gasteiger partial charge in [0.2, 0.25) is 0 Å². The third kappa shape index (κ3) is 4.74. The number of aromatic nitrogens is 1. The van der Waals surface area contributed by atoms with Crippen molar-refractivity contribution in [2.75, 3.05) is 12.4 Å². The highest BCUT2D eigenvalue weighted by Gasteiger charge is 2.30. The lowest BCUT2D eigenvalue weighted by atomic mass is 10.0. The maximum absolute atomic E-state index is 12.7. The lowest BCUT2D eigenvalue weighted by Gasteiger charge is -2.20. The van der Waals surface area contributed by atoms with Crippen LogP contribution in [0.15, 0.2) is 67.1 Å². The van der Waals surface area contributed by atoms with Crippen molar-refractivity contribution in [1.29, 1.82) is 0 Å². The second kappa shape index (κ2) is 8.08. The zero-order chi connectivity index (χ0) is 20.4. The van der Waals surface area contributed by atoms with E-state index < -0.39 is 11.7 Å². The number of halogens is 3. The van der Waals surface area contributed by atoms with Crippen LogP contribution >= 0.6 is 11.8 Å². The number of benzene rings is 2. The van der Waals surface area contributed by atoms with Gasteiger partial charge in [-0.15, -0.1) is 11.8 Å². The van der Waals surface area contributed by atoms with Crippen LogP contribution in [0.4, 0.5) is 13.2 Å². The van der Waals surface area contributed by atoms with E-state index in [1.807, 2.05) is 12.3 Å². The molecule has 0 radical (unpaired) electrons. The van der Waals surface area contributed by atoms with E-state index >= 15 is 0 Å². The third-order valence-corrected chi connectivity index (χ3v) is 5.97. The largest absolute Gasteiger partial charge is 0.416 e. The van der Waals surface area contributed by atoms with Gasteiger partial charge < -0.3 is 10.6 Å². The van der Waals surface area contributed by atoms with Crippen molar-refractivity contribution in [2.45, 2.75) is 18.6 Å². The minimum atomic E-state index is -4.31. The number of fused-ring (bicyclic) bond motifs is 1. The van der Waals surface area contributed by atoms with Crippen molar-refractivity contribution in [3.05, 3.63) is 83.8 Å². The molecule has 29 heavy (non-hydrogen) atoms. The van der Waals surface area contributed by atoms with E-state index in [0.29, 0.717) is 13.0 Å². The van der Waals surface area contributed by atoms with Crippen LogP contribution in [0, 0.1) is 0 Å². The summed E-state index contributed by atoms with van der Waals surface area (Å²) in [6, 6.07) is 13.4. The van der Waals surface area contributed by atoms with Crippen molar-refractivity contribution in [1.82, 2.24) is 9.88 Å². The fraction of sp³-hybridized carbons (Fsp3) is 0.227. The van der Waals surface area contributed by atoms with Gasteiger partial charge in [-0.1, -0.05) is 24.3 Å². The Morgan fingerprint density at radius 2 is 1.86 bits per heavy atom. The maximum Gasteiger partial charge on any atom is 0.416 e. The minimum Gasteiger partial charge on any atom is -0.365 e. The molecule has 1 aromatic heterocycles. The first-order valence-electron chi connectivity index (χ1n) is 9.23. The molecule has 1 aliphatic rings. The highest BCUT2D eigenvalue weighted by molar-refractivity contribution is 8.08. The molecule has 0 saturated carbocycles. The molecule has 0 spiro atoms. The highest BCUT2D eigenvalue weighted by Crippen LogP contribution is 2.35. The summed E-state index contributed by atoms with van der Waals surface area (Å²) in [7, 11) is 0. The number of pyridine rings is 1. The first kappa shape index (κ1) is 19.8. The van der Waals surface area contributed by atoms with Gasteiger partial charge in [-0.05, 0) is 47.2 Å². The van der Waals surface area contributed by atoms with Gasteiger partial charge in [0, 0.05) is 41.5 Å². The average Bonchev–Trinajstić information content (AvgIpc) is 3.15. The molecule has 4 rings (SSSR count). The van der Waals surface area contributed by atoms with Gasteiger partial charge in [0.1, 0.15) is 0 Å². The van der Waals surface area contributed by atoms with E-state index in [1.54, 1.807) is 18.0 Å². The Balaban J connectivity index is 1.39. The molecule has 0 unspecified atom stereocenters. The van der Waals surface area contributed by atoms with E-state index in [1.165, 1.54) is 17.0 Å². The molecule has 2 aromatic carbocycles. The third-order valence-electron chi connectivity index (χ3n) is 4.86. The van der Waals surface area contributed by atoms with Crippen LogP contribution < -0.4 is 5.73 Å². The Morgan fingerprint density at radius 1 is 1.07 bits per heavy atom. The number of hydrogen-bond donors (Lipinski definition) is 1. The number of rotatable bonds is 5. The Hall–Kier alpha value is -2.51. The number of alkyl halides is 3. The summed E-state index contributed by atoms with van der Waals surface area (Å²) in [6.07, 6.45) is 1.97. The number of thioether (sulfide) groups is 1. The molecule has 150 valence electrons. The van der Waals surface area contributed by atoms with Crippen LogP contribution in [0.2, 0.25) is 0 Å². The Morgan fingerprint density at radius 3 is 2.62 bits per heavy atom. The molecule has 0 saturated heterocycles. The molecular weight excluding hydrogens is 395 g/mol. The lowest BCUT2D eigenvalue weighted by Crippen LogP contribution is -2.35. The molecular formula is C22H20F3N3S. The Bertz CT molecular complexity index is 1030. The minimum absolute atomic E-state index is 0.161. The van der Waals surface area contributed by atoms with Gasteiger partial charge in [-0.3, -0.25) is 4.98 Å². The Labute approximate surface area is 171 Å². The van der Waals surface area contributed by atoms with Crippen molar-refractivity contribution in [3.8, 4) is 0 Å². The lowest BCUT2D eigenvalue weighted by molar-refractivity contribution is -0.137. The van der Waals surface area contributed by atoms with Crippen LogP contribution in [-0.4, -0.2) is 28.3 Å². The summed E-state index contributed by atoms with van der Waals surface area (Å²) in [4.78, 5) is 7.48. The van der Waals surface area contributed by atoms with Gasteiger partial charge in [-0.2, -0.15) is 13.2 Å². The molecule has 3 nitrogen and oxygen atoms in total. The van der Waals surface area contributed by atoms with Gasteiger partial charge in [0.25, 0.3) is 0 Å². The van der Waals surface area contributed by atoms with Crippen molar-refractivity contribution < 1.29 is 13.2 Å². The topological polar surface area (TPSA) is 42.1 Å².